The first-order chi connectivity index (χ1) is 10.5. The maximum Gasteiger partial charge on any atom is 0.224 e. The molecule has 0 spiro atoms. The van der Waals surface area contributed by atoms with Crippen LogP contribution in [-0.4, -0.2) is 46.8 Å². The fraction of sp³-hybridized carbons (Fsp3) is 0.750. The lowest BCUT2D eigenvalue weighted by Crippen LogP contribution is -2.51. The molecule has 1 fully saturated rings. The second kappa shape index (κ2) is 8.90. The Bertz CT molecular complexity index is 392. The van der Waals surface area contributed by atoms with Crippen LogP contribution in [0.4, 0.5) is 0 Å². The van der Waals surface area contributed by atoms with Gasteiger partial charge in [0.1, 0.15) is 0 Å². The van der Waals surface area contributed by atoms with Crippen molar-refractivity contribution in [3.63, 3.8) is 0 Å². The van der Waals surface area contributed by atoms with Gasteiger partial charge in [0.05, 0.1) is 24.7 Å². The largest absolute Gasteiger partial charge is 0.394 e. The van der Waals surface area contributed by atoms with Crippen molar-refractivity contribution in [2.45, 2.75) is 57.0 Å². The summed E-state index contributed by atoms with van der Waals surface area (Å²) in [5, 5.41) is 24.1. The summed E-state index contributed by atoms with van der Waals surface area (Å²) in [6.45, 7) is 5.11. The molecule has 0 aromatic carbocycles. The Morgan fingerprint density at radius 2 is 1.95 bits per heavy atom. The van der Waals surface area contributed by atoms with Crippen LogP contribution < -0.4 is 10.6 Å². The number of hydrogen-bond acceptors (Lipinski definition) is 4. The number of carbonyl (C=O) groups is 2. The molecule has 0 bridgehead atoms. The maximum absolute atomic E-state index is 12.4. The van der Waals surface area contributed by atoms with E-state index in [2.05, 4.69) is 17.2 Å². The van der Waals surface area contributed by atoms with Crippen molar-refractivity contribution in [3.05, 3.63) is 12.7 Å². The SMILES string of the molecule is C=CC[C@H](CC(=O)N[C@@H](C)CO)C(=O)NC1(CO)CCCC1. The van der Waals surface area contributed by atoms with Crippen LogP contribution in [0.25, 0.3) is 0 Å². The number of aliphatic hydroxyl groups excluding tert-OH is 2. The van der Waals surface area contributed by atoms with Crippen LogP contribution in [0.15, 0.2) is 12.7 Å². The highest BCUT2D eigenvalue weighted by atomic mass is 16.3. The lowest BCUT2D eigenvalue weighted by molar-refractivity contribution is -0.132. The van der Waals surface area contributed by atoms with Gasteiger partial charge in [-0.05, 0) is 26.2 Å². The predicted octanol–water partition coefficient (Wildman–Crippen LogP) is 0.487. The summed E-state index contributed by atoms with van der Waals surface area (Å²) in [4.78, 5) is 24.3. The maximum atomic E-state index is 12.4. The lowest BCUT2D eigenvalue weighted by Gasteiger charge is -2.30. The van der Waals surface area contributed by atoms with Crippen LogP contribution in [0.1, 0.15) is 45.4 Å². The normalized spacial score (nSPS) is 19.2. The number of allylic oxidation sites excluding steroid dienone is 1. The van der Waals surface area contributed by atoms with Crippen LogP contribution in [0.3, 0.4) is 0 Å². The Morgan fingerprint density at radius 1 is 1.32 bits per heavy atom. The minimum Gasteiger partial charge on any atom is -0.394 e. The Morgan fingerprint density at radius 3 is 2.45 bits per heavy atom. The van der Waals surface area contributed by atoms with E-state index in [9.17, 15) is 14.7 Å². The van der Waals surface area contributed by atoms with Gasteiger partial charge in [-0.1, -0.05) is 18.9 Å². The summed E-state index contributed by atoms with van der Waals surface area (Å²) in [5.74, 6) is -0.997. The molecule has 2 atom stereocenters. The molecule has 0 aromatic rings. The quantitative estimate of drug-likeness (QED) is 0.466. The highest BCUT2D eigenvalue weighted by Crippen LogP contribution is 2.29. The van der Waals surface area contributed by atoms with Crippen molar-refractivity contribution < 1.29 is 19.8 Å². The van der Waals surface area contributed by atoms with Crippen molar-refractivity contribution in [2.24, 2.45) is 5.92 Å². The molecule has 22 heavy (non-hydrogen) atoms. The number of aliphatic hydroxyl groups is 2. The van der Waals surface area contributed by atoms with Crippen molar-refractivity contribution in [2.75, 3.05) is 13.2 Å². The van der Waals surface area contributed by atoms with E-state index in [-0.39, 0.29) is 37.5 Å². The summed E-state index contributed by atoms with van der Waals surface area (Å²) >= 11 is 0. The molecule has 1 aliphatic carbocycles. The fourth-order valence-corrected chi connectivity index (χ4v) is 2.83. The summed E-state index contributed by atoms with van der Waals surface area (Å²) in [5.41, 5.74) is -0.536. The van der Waals surface area contributed by atoms with Gasteiger partial charge in [-0.2, -0.15) is 0 Å². The molecule has 2 amide bonds. The van der Waals surface area contributed by atoms with E-state index >= 15 is 0 Å². The molecular weight excluding hydrogens is 284 g/mol. The number of hydrogen-bond donors (Lipinski definition) is 4. The highest BCUT2D eigenvalue weighted by Gasteiger charge is 2.36. The molecule has 1 saturated carbocycles. The van der Waals surface area contributed by atoms with Crippen molar-refractivity contribution in [3.8, 4) is 0 Å². The third-order valence-electron chi connectivity index (χ3n) is 4.19. The standard InChI is InChI=1S/C16H28N2O4/c1-3-6-13(9-14(21)17-12(2)10-19)15(22)18-16(11-20)7-4-5-8-16/h3,12-13,19-20H,1,4-11H2,2H3,(H,17,21)(H,18,22)/t12-,13+/m0/s1. The van der Waals surface area contributed by atoms with E-state index in [1.807, 2.05) is 0 Å². The summed E-state index contributed by atoms with van der Waals surface area (Å²) < 4.78 is 0. The molecule has 4 N–H and O–H groups in total. The molecule has 6 nitrogen and oxygen atoms in total. The molecular formula is C16H28N2O4. The van der Waals surface area contributed by atoms with E-state index in [1.54, 1.807) is 13.0 Å². The van der Waals surface area contributed by atoms with Gasteiger partial charge in [-0.25, -0.2) is 0 Å². The Balaban J connectivity index is 2.62. The summed E-state index contributed by atoms with van der Waals surface area (Å²) in [7, 11) is 0. The first kappa shape index (κ1) is 18.6. The van der Waals surface area contributed by atoms with Crippen LogP contribution in [0, 0.1) is 5.92 Å². The van der Waals surface area contributed by atoms with Crippen LogP contribution in [0.5, 0.6) is 0 Å². The first-order valence-corrected chi connectivity index (χ1v) is 7.90. The van der Waals surface area contributed by atoms with Gasteiger partial charge in [-0.3, -0.25) is 9.59 Å². The molecule has 126 valence electrons. The predicted molar refractivity (Wildman–Crippen MR) is 84.0 cm³/mol. The molecule has 0 radical (unpaired) electrons. The molecule has 0 heterocycles. The Labute approximate surface area is 132 Å². The molecule has 0 unspecified atom stereocenters. The van der Waals surface area contributed by atoms with Gasteiger partial charge in [0.2, 0.25) is 11.8 Å². The van der Waals surface area contributed by atoms with Crippen molar-refractivity contribution in [1.82, 2.24) is 10.6 Å². The Hall–Kier alpha value is -1.40. The van der Waals surface area contributed by atoms with Gasteiger partial charge in [0, 0.05) is 12.5 Å². The second-order valence-corrected chi connectivity index (χ2v) is 6.21. The van der Waals surface area contributed by atoms with Gasteiger partial charge in [0.25, 0.3) is 0 Å². The number of carbonyl (C=O) groups excluding carboxylic acids is 2. The zero-order valence-corrected chi connectivity index (χ0v) is 13.3. The molecule has 0 saturated heterocycles. The number of amides is 2. The Kier molecular flexibility index (Phi) is 7.55. The van der Waals surface area contributed by atoms with E-state index < -0.39 is 11.5 Å². The monoisotopic (exact) mass is 312 g/mol. The van der Waals surface area contributed by atoms with E-state index in [1.165, 1.54) is 0 Å². The van der Waals surface area contributed by atoms with Crippen LogP contribution in [0.2, 0.25) is 0 Å². The number of rotatable bonds is 9. The second-order valence-electron chi connectivity index (χ2n) is 6.21. The third-order valence-corrected chi connectivity index (χ3v) is 4.19. The minimum atomic E-state index is -0.536. The molecule has 0 aliphatic heterocycles. The van der Waals surface area contributed by atoms with Gasteiger partial charge < -0.3 is 20.8 Å². The average molecular weight is 312 g/mol. The fourth-order valence-electron chi connectivity index (χ4n) is 2.83. The van der Waals surface area contributed by atoms with Gasteiger partial charge in [-0.15, -0.1) is 6.58 Å². The van der Waals surface area contributed by atoms with Crippen molar-refractivity contribution >= 4 is 11.8 Å². The highest BCUT2D eigenvalue weighted by molar-refractivity contribution is 5.86. The van der Waals surface area contributed by atoms with Gasteiger partial charge >= 0.3 is 0 Å². The zero-order valence-electron chi connectivity index (χ0n) is 13.3. The summed E-state index contributed by atoms with van der Waals surface area (Å²) in [6, 6.07) is -0.335. The van der Waals surface area contributed by atoms with Crippen LogP contribution in [-0.2, 0) is 9.59 Å². The summed E-state index contributed by atoms with van der Waals surface area (Å²) in [6.07, 6.45) is 5.57. The molecule has 6 heteroatoms. The van der Waals surface area contributed by atoms with Crippen LogP contribution >= 0.6 is 0 Å². The smallest absolute Gasteiger partial charge is 0.224 e. The van der Waals surface area contributed by atoms with E-state index in [0.717, 1.165) is 25.7 Å². The number of nitrogens with one attached hydrogen (secondary N) is 2. The van der Waals surface area contributed by atoms with Crippen molar-refractivity contribution in [1.29, 1.82) is 0 Å². The minimum absolute atomic E-state index is 0.0453. The third kappa shape index (κ3) is 5.42. The molecule has 1 rings (SSSR count). The zero-order chi connectivity index (χ0) is 16.6. The average Bonchev–Trinajstić information content (AvgIpc) is 2.95. The van der Waals surface area contributed by atoms with E-state index in [0.29, 0.717) is 6.42 Å². The lowest BCUT2D eigenvalue weighted by atomic mass is 9.94. The van der Waals surface area contributed by atoms with Gasteiger partial charge in [0.15, 0.2) is 0 Å². The first-order valence-electron chi connectivity index (χ1n) is 7.90. The topological polar surface area (TPSA) is 98.7 Å². The van der Waals surface area contributed by atoms with E-state index in [4.69, 9.17) is 5.11 Å². The molecule has 1 aliphatic rings. The molecule has 0 aromatic heterocycles.